The Kier molecular flexibility index (Phi) is 8.54. The number of fused-ring (bicyclic) bond motifs is 1. The van der Waals surface area contributed by atoms with Crippen molar-refractivity contribution < 1.29 is 24.2 Å². The van der Waals surface area contributed by atoms with Crippen LogP contribution in [0.3, 0.4) is 0 Å². The zero-order chi connectivity index (χ0) is 26.0. The fraction of sp³-hybridized carbons (Fsp3) is 0.500. The summed E-state index contributed by atoms with van der Waals surface area (Å²) >= 11 is 11.8. The van der Waals surface area contributed by atoms with Crippen LogP contribution in [0.15, 0.2) is 49.6 Å². The predicted molar refractivity (Wildman–Crippen MR) is 145 cm³/mol. The van der Waals surface area contributed by atoms with Crippen molar-refractivity contribution >= 4 is 62.8 Å². The summed E-state index contributed by atoms with van der Waals surface area (Å²) in [6.07, 6.45) is 4.75. The van der Waals surface area contributed by atoms with Gasteiger partial charge >= 0.3 is 5.97 Å². The molecule has 1 aromatic rings. The molecule has 10 heteroatoms. The molecule has 1 spiro atoms. The van der Waals surface area contributed by atoms with E-state index < -0.39 is 28.6 Å². The van der Waals surface area contributed by atoms with Crippen molar-refractivity contribution in [3.05, 3.63) is 54.6 Å². The lowest BCUT2D eigenvalue weighted by Crippen LogP contribution is -2.55. The molecule has 2 bridgehead atoms. The highest BCUT2D eigenvalue weighted by Crippen LogP contribution is 2.68. The third-order valence-electron chi connectivity index (χ3n) is 7.17. The van der Waals surface area contributed by atoms with Crippen molar-refractivity contribution in [1.82, 2.24) is 4.90 Å². The highest BCUT2D eigenvalue weighted by Gasteiger charge is 2.76. The minimum absolute atomic E-state index is 0.00572. The zero-order valence-corrected chi connectivity index (χ0v) is 23.0. The van der Waals surface area contributed by atoms with E-state index in [2.05, 4.69) is 29.1 Å². The van der Waals surface area contributed by atoms with Gasteiger partial charge in [0.05, 0.1) is 27.3 Å². The number of amides is 2. The monoisotopic (exact) mass is 596 g/mol. The topological polar surface area (TPSA) is 87.1 Å². The molecule has 0 aliphatic carbocycles. The molecule has 194 valence electrons. The van der Waals surface area contributed by atoms with Gasteiger partial charge in [0, 0.05) is 29.8 Å². The molecule has 0 radical (unpaired) electrons. The molecule has 1 N–H and O–H groups in total. The molecule has 36 heavy (non-hydrogen) atoms. The average Bonchev–Trinajstić information content (AvgIpc) is 3.45. The van der Waals surface area contributed by atoms with Gasteiger partial charge in [0.15, 0.2) is 0 Å². The van der Waals surface area contributed by atoms with E-state index in [1.807, 2.05) is 0 Å². The second-order valence-corrected chi connectivity index (χ2v) is 12.4. The number of para-hydroxylation sites is 1. The quantitative estimate of drug-likeness (QED) is 0.181. The predicted octanol–water partition coefficient (Wildman–Crippen LogP) is 3.83. The minimum Gasteiger partial charge on any atom is -0.461 e. The minimum atomic E-state index is -0.794. The fourth-order valence-electron chi connectivity index (χ4n) is 5.80. The van der Waals surface area contributed by atoms with Crippen molar-refractivity contribution in [2.45, 2.75) is 40.1 Å². The van der Waals surface area contributed by atoms with E-state index in [4.69, 9.17) is 16.3 Å². The molecular formula is C26H30BrClN2O5S. The first-order valence-electron chi connectivity index (χ1n) is 12.0. The maximum Gasteiger partial charge on any atom is 0.311 e. The first kappa shape index (κ1) is 27.2. The van der Waals surface area contributed by atoms with Crippen LogP contribution in [0.4, 0.5) is 5.69 Å². The molecule has 1 aromatic carbocycles. The number of aliphatic hydroxyl groups is 1. The molecule has 0 saturated carbocycles. The Morgan fingerprint density at radius 1 is 1.31 bits per heavy atom. The Morgan fingerprint density at radius 3 is 2.72 bits per heavy atom. The van der Waals surface area contributed by atoms with Gasteiger partial charge in [-0.1, -0.05) is 58.4 Å². The van der Waals surface area contributed by atoms with E-state index in [1.165, 1.54) is 6.08 Å². The van der Waals surface area contributed by atoms with E-state index in [0.29, 0.717) is 36.5 Å². The Balaban J connectivity index is 1.77. The van der Waals surface area contributed by atoms with Gasteiger partial charge in [0.2, 0.25) is 5.91 Å². The highest BCUT2D eigenvalue weighted by atomic mass is 79.9. The number of thioether (sulfide) groups is 1. The molecule has 3 aliphatic rings. The molecule has 3 heterocycles. The molecule has 0 aromatic heterocycles. The van der Waals surface area contributed by atoms with E-state index in [1.54, 1.807) is 51.9 Å². The van der Waals surface area contributed by atoms with E-state index in [9.17, 15) is 19.5 Å². The number of esters is 1. The summed E-state index contributed by atoms with van der Waals surface area (Å²) in [6, 6.07) is 6.29. The summed E-state index contributed by atoms with van der Waals surface area (Å²) in [5.74, 6) is -2.23. The highest BCUT2D eigenvalue weighted by molar-refractivity contribution is 9.09. The third-order valence-corrected chi connectivity index (χ3v) is 10.7. The molecule has 3 aliphatic heterocycles. The summed E-state index contributed by atoms with van der Waals surface area (Å²) in [4.78, 5) is 44.6. The Labute approximate surface area is 229 Å². The molecule has 4 rings (SSSR count). The SMILES string of the molecule is C=CCOC(=O)[C@H]1[C@H]2C(=O)N(CCCCO)C(C(=O)N(CC=C)c3ccccc3Cl)C23CC(Br)[C@@H]1S3. The number of halogens is 2. The number of nitrogens with zero attached hydrogens (tertiary/aromatic N) is 2. The van der Waals surface area contributed by atoms with Gasteiger partial charge in [0.1, 0.15) is 12.6 Å². The average molecular weight is 598 g/mol. The molecule has 6 atom stereocenters. The largest absolute Gasteiger partial charge is 0.461 e. The van der Waals surface area contributed by atoms with Crippen LogP contribution in [0.1, 0.15) is 19.3 Å². The number of alkyl halides is 1. The van der Waals surface area contributed by atoms with Crippen molar-refractivity contribution in [3.63, 3.8) is 0 Å². The van der Waals surface area contributed by atoms with Gasteiger partial charge in [-0.05, 0) is 31.4 Å². The molecule has 3 fully saturated rings. The number of anilines is 1. The molecule has 3 saturated heterocycles. The standard InChI is InChI=1S/C26H30BrClN2O5S/c1-3-11-29(18-10-6-5-9-17(18)28)24(33)22-26-15-16(27)21(36-26)19(25(34)35-14-4-2)20(26)23(32)30(22)12-7-8-13-31/h3-6,9-10,16,19-22,31H,1-2,7-8,11-15H2/t16?,19-,20-,21-,22?,26?/m0/s1. The van der Waals surface area contributed by atoms with Crippen LogP contribution < -0.4 is 4.90 Å². The smallest absolute Gasteiger partial charge is 0.311 e. The Morgan fingerprint density at radius 2 is 2.06 bits per heavy atom. The normalized spacial score (nSPS) is 30.2. The van der Waals surface area contributed by atoms with Crippen LogP contribution >= 0.6 is 39.3 Å². The lowest BCUT2D eigenvalue weighted by molar-refractivity contribution is -0.153. The number of hydrogen-bond acceptors (Lipinski definition) is 6. The second kappa shape index (κ2) is 11.3. The van der Waals surface area contributed by atoms with Crippen LogP contribution in [0, 0.1) is 11.8 Å². The number of carbonyl (C=O) groups excluding carboxylic acids is 3. The number of hydrogen-bond donors (Lipinski definition) is 1. The second-order valence-electron chi connectivity index (χ2n) is 9.23. The number of unbranched alkanes of at least 4 members (excludes halogenated alkanes) is 1. The fourth-order valence-corrected chi connectivity index (χ4v) is 9.64. The summed E-state index contributed by atoms with van der Waals surface area (Å²) in [5, 5.41) is 9.57. The van der Waals surface area contributed by atoms with Gasteiger partial charge in [-0.15, -0.1) is 18.3 Å². The summed E-state index contributed by atoms with van der Waals surface area (Å²) in [6.45, 7) is 8.02. The van der Waals surface area contributed by atoms with Gasteiger partial charge < -0.3 is 19.6 Å². The summed E-state index contributed by atoms with van der Waals surface area (Å²) in [5.41, 5.74) is 0.543. The number of carbonyl (C=O) groups is 3. The number of benzene rings is 1. The number of likely N-dealkylation sites (tertiary alicyclic amines) is 1. The summed E-state index contributed by atoms with van der Waals surface area (Å²) < 4.78 is 4.62. The number of rotatable bonds is 11. The van der Waals surface area contributed by atoms with Gasteiger partial charge in [-0.25, -0.2) is 0 Å². The lowest BCUT2D eigenvalue weighted by atomic mass is 9.71. The number of ether oxygens (including phenoxy) is 1. The van der Waals surface area contributed by atoms with E-state index in [0.717, 1.165) is 0 Å². The van der Waals surface area contributed by atoms with Crippen LogP contribution in [0.5, 0.6) is 0 Å². The van der Waals surface area contributed by atoms with E-state index >= 15 is 0 Å². The van der Waals surface area contributed by atoms with Gasteiger partial charge in [-0.3, -0.25) is 14.4 Å². The van der Waals surface area contributed by atoms with Crippen molar-refractivity contribution in [2.75, 3.05) is 31.2 Å². The van der Waals surface area contributed by atoms with Gasteiger partial charge in [-0.2, -0.15) is 0 Å². The van der Waals surface area contributed by atoms with E-state index in [-0.39, 0.29) is 41.6 Å². The van der Waals surface area contributed by atoms with Crippen molar-refractivity contribution in [2.24, 2.45) is 11.8 Å². The molecule has 7 nitrogen and oxygen atoms in total. The van der Waals surface area contributed by atoms with Gasteiger partial charge in [0.25, 0.3) is 5.91 Å². The molecular weight excluding hydrogens is 568 g/mol. The first-order valence-corrected chi connectivity index (χ1v) is 14.2. The van der Waals surface area contributed by atoms with Crippen LogP contribution in [0.2, 0.25) is 5.02 Å². The van der Waals surface area contributed by atoms with Crippen molar-refractivity contribution in [1.29, 1.82) is 0 Å². The molecule has 3 unspecified atom stereocenters. The summed E-state index contributed by atoms with van der Waals surface area (Å²) in [7, 11) is 0. The third kappa shape index (κ3) is 4.52. The number of aliphatic hydroxyl groups excluding tert-OH is 1. The van der Waals surface area contributed by atoms with Crippen LogP contribution in [-0.4, -0.2) is 75.0 Å². The van der Waals surface area contributed by atoms with Crippen LogP contribution in [0.25, 0.3) is 0 Å². The van der Waals surface area contributed by atoms with Crippen molar-refractivity contribution in [3.8, 4) is 0 Å². The Bertz CT molecular complexity index is 1060. The zero-order valence-electron chi connectivity index (χ0n) is 19.9. The maximum absolute atomic E-state index is 14.4. The maximum atomic E-state index is 14.4. The first-order chi connectivity index (χ1) is 17.3. The molecule has 2 amide bonds. The van der Waals surface area contributed by atoms with Crippen LogP contribution in [-0.2, 0) is 19.1 Å². The lowest BCUT2D eigenvalue weighted by Gasteiger charge is -2.38. The Hall–Kier alpha value is -1.81.